The lowest BCUT2D eigenvalue weighted by Gasteiger charge is -2.15. The van der Waals surface area contributed by atoms with Crippen LogP contribution in [0, 0.1) is 0 Å². The second-order valence-electron chi connectivity index (χ2n) is 6.67. The Bertz CT molecular complexity index is 865. The van der Waals surface area contributed by atoms with Crippen LogP contribution in [-0.2, 0) is 21.2 Å². The highest BCUT2D eigenvalue weighted by Crippen LogP contribution is 2.22. The summed E-state index contributed by atoms with van der Waals surface area (Å²) in [4.78, 5) is 16.4. The van der Waals surface area contributed by atoms with Gasteiger partial charge < -0.3 is 5.32 Å². The molecule has 1 aromatic carbocycles. The minimum absolute atomic E-state index is 0.0476. The van der Waals surface area contributed by atoms with Crippen LogP contribution in [0.1, 0.15) is 24.8 Å². The van der Waals surface area contributed by atoms with Crippen molar-refractivity contribution in [3.63, 3.8) is 0 Å². The first kappa shape index (κ1) is 20.8. The molecular formula is C20H25N3O3S2. The van der Waals surface area contributed by atoms with Gasteiger partial charge >= 0.3 is 0 Å². The average molecular weight is 420 g/mol. The molecule has 2 aromatic rings. The number of hydrogen-bond donors (Lipinski definition) is 1. The topological polar surface area (TPSA) is 79.4 Å². The number of aromatic nitrogens is 1. The molecular weight excluding hydrogens is 394 g/mol. The number of benzene rings is 1. The molecule has 0 atom stereocenters. The van der Waals surface area contributed by atoms with Crippen LogP contribution in [0.5, 0.6) is 0 Å². The van der Waals surface area contributed by atoms with Crippen molar-refractivity contribution in [3.05, 3.63) is 54.2 Å². The smallest absolute Gasteiger partial charge is 0.244 e. The van der Waals surface area contributed by atoms with Gasteiger partial charge in [0.05, 0.1) is 10.8 Å². The van der Waals surface area contributed by atoms with Gasteiger partial charge in [0, 0.05) is 25.8 Å². The maximum atomic E-state index is 12.5. The highest BCUT2D eigenvalue weighted by atomic mass is 32.2. The number of hydrogen-bond acceptors (Lipinski definition) is 5. The van der Waals surface area contributed by atoms with Crippen molar-refractivity contribution in [3.8, 4) is 0 Å². The van der Waals surface area contributed by atoms with Crippen LogP contribution in [0.2, 0.25) is 0 Å². The number of carbonyl (C=O) groups is 1. The van der Waals surface area contributed by atoms with Crippen molar-refractivity contribution in [1.82, 2.24) is 14.6 Å². The minimum Gasteiger partial charge on any atom is -0.355 e. The molecule has 28 heavy (non-hydrogen) atoms. The van der Waals surface area contributed by atoms with Crippen LogP contribution in [0.3, 0.4) is 0 Å². The van der Waals surface area contributed by atoms with E-state index in [4.69, 9.17) is 0 Å². The predicted octanol–water partition coefficient (Wildman–Crippen LogP) is 2.71. The third-order valence-electron chi connectivity index (χ3n) is 4.57. The third kappa shape index (κ3) is 5.80. The average Bonchev–Trinajstić information content (AvgIpc) is 3.27. The molecule has 0 saturated carbocycles. The Morgan fingerprint density at radius 1 is 1.11 bits per heavy atom. The molecule has 6 nitrogen and oxygen atoms in total. The molecule has 0 spiro atoms. The number of nitrogens with zero attached hydrogens (tertiary/aromatic N) is 2. The standard InChI is InChI=1S/C20H25N3O3S2/c24-19(21-12-6-9-17-7-2-1-3-8-17)16-27-20-11-10-18(15-22-20)28(25,26)23-13-4-5-14-23/h1-3,7-8,10-11,15H,4-6,9,12-14,16H2,(H,21,24). The lowest BCUT2D eigenvalue weighted by molar-refractivity contribution is -0.118. The molecule has 8 heteroatoms. The zero-order valence-electron chi connectivity index (χ0n) is 15.7. The first-order valence-electron chi connectivity index (χ1n) is 9.45. The second kappa shape index (κ2) is 10.0. The van der Waals surface area contributed by atoms with E-state index in [0.717, 1.165) is 25.7 Å². The van der Waals surface area contributed by atoms with Gasteiger partial charge in [-0.1, -0.05) is 42.1 Å². The maximum Gasteiger partial charge on any atom is 0.244 e. The van der Waals surface area contributed by atoms with Crippen LogP contribution in [0.25, 0.3) is 0 Å². The molecule has 1 aliphatic rings. The van der Waals surface area contributed by atoms with Crippen LogP contribution in [0.4, 0.5) is 0 Å². The quantitative estimate of drug-likeness (QED) is 0.499. The summed E-state index contributed by atoms with van der Waals surface area (Å²) < 4.78 is 26.5. The van der Waals surface area contributed by atoms with Gasteiger partial charge in [-0.3, -0.25) is 4.79 Å². The number of aryl methyl sites for hydroxylation is 1. The number of pyridine rings is 1. The summed E-state index contributed by atoms with van der Waals surface area (Å²) in [5.74, 6) is 0.213. The number of thioether (sulfide) groups is 1. The highest BCUT2D eigenvalue weighted by molar-refractivity contribution is 7.99. The van der Waals surface area contributed by atoms with E-state index in [0.29, 0.717) is 24.7 Å². The van der Waals surface area contributed by atoms with Gasteiger partial charge in [-0.25, -0.2) is 13.4 Å². The van der Waals surface area contributed by atoms with E-state index >= 15 is 0 Å². The zero-order valence-corrected chi connectivity index (χ0v) is 17.3. The third-order valence-corrected chi connectivity index (χ3v) is 7.40. The highest BCUT2D eigenvalue weighted by Gasteiger charge is 2.27. The van der Waals surface area contributed by atoms with Crippen molar-refractivity contribution in [1.29, 1.82) is 0 Å². The fraction of sp³-hybridized carbons (Fsp3) is 0.400. The van der Waals surface area contributed by atoms with Gasteiger partial charge in [-0.05, 0) is 43.4 Å². The Kier molecular flexibility index (Phi) is 7.47. The van der Waals surface area contributed by atoms with Crippen LogP contribution < -0.4 is 5.32 Å². The largest absolute Gasteiger partial charge is 0.355 e. The first-order valence-corrected chi connectivity index (χ1v) is 11.9. The van der Waals surface area contributed by atoms with Crippen molar-refractivity contribution in [2.75, 3.05) is 25.4 Å². The zero-order chi connectivity index (χ0) is 19.8. The summed E-state index contributed by atoms with van der Waals surface area (Å²) in [6.45, 7) is 1.78. The number of carbonyl (C=O) groups excluding carboxylic acids is 1. The Balaban J connectivity index is 1.40. The summed E-state index contributed by atoms with van der Waals surface area (Å²) in [6, 6.07) is 13.4. The van der Waals surface area contributed by atoms with Gasteiger partial charge in [-0.15, -0.1) is 0 Å². The van der Waals surface area contributed by atoms with Gasteiger partial charge in [0.1, 0.15) is 4.90 Å². The van der Waals surface area contributed by atoms with Crippen LogP contribution >= 0.6 is 11.8 Å². The van der Waals surface area contributed by atoms with E-state index in [1.165, 1.54) is 27.8 Å². The maximum absolute atomic E-state index is 12.5. The molecule has 0 bridgehead atoms. The van der Waals surface area contributed by atoms with Crippen molar-refractivity contribution in [2.45, 2.75) is 35.6 Å². The van der Waals surface area contributed by atoms with E-state index in [1.54, 1.807) is 12.1 Å². The van der Waals surface area contributed by atoms with Gasteiger partial charge in [0.15, 0.2) is 0 Å². The minimum atomic E-state index is -3.44. The summed E-state index contributed by atoms with van der Waals surface area (Å²) >= 11 is 1.30. The molecule has 1 saturated heterocycles. The van der Waals surface area contributed by atoms with Crippen LogP contribution in [0.15, 0.2) is 58.6 Å². The van der Waals surface area contributed by atoms with Crippen molar-refractivity contribution >= 4 is 27.7 Å². The lowest BCUT2D eigenvalue weighted by Crippen LogP contribution is -2.28. The normalized spacial score (nSPS) is 14.9. The Morgan fingerprint density at radius 2 is 1.86 bits per heavy atom. The van der Waals surface area contributed by atoms with Gasteiger partial charge in [0.2, 0.25) is 15.9 Å². The molecule has 1 aromatic heterocycles. The number of nitrogens with one attached hydrogen (secondary N) is 1. The van der Waals surface area contributed by atoms with E-state index in [1.807, 2.05) is 18.2 Å². The summed E-state index contributed by atoms with van der Waals surface area (Å²) in [5.41, 5.74) is 1.26. The molecule has 150 valence electrons. The Hall–Kier alpha value is -1.90. The molecule has 2 heterocycles. The van der Waals surface area contributed by atoms with Gasteiger partial charge in [-0.2, -0.15) is 4.31 Å². The van der Waals surface area contributed by atoms with E-state index in [9.17, 15) is 13.2 Å². The van der Waals surface area contributed by atoms with Gasteiger partial charge in [0.25, 0.3) is 0 Å². The molecule has 1 amide bonds. The van der Waals surface area contributed by atoms with Crippen LogP contribution in [-0.4, -0.2) is 49.0 Å². The van der Waals surface area contributed by atoms with Crippen molar-refractivity contribution < 1.29 is 13.2 Å². The molecule has 1 N–H and O–H groups in total. The molecule has 3 rings (SSSR count). The number of sulfonamides is 1. The molecule has 0 aliphatic carbocycles. The van der Waals surface area contributed by atoms with E-state index < -0.39 is 10.0 Å². The number of amides is 1. The Morgan fingerprint density at radius 3 is 2.54 bits per heavy atom. The molecule has 0 unspecified atom stereocenters. The number of rotatable bonds is 9. The lowest BCUT2D eigenvalue weighted by atomic mass is 10.1. The fourth-order valence-corrected chi connectivity index (χ4v) is 5.17. The molecule has 1 fully saturated rings. The van der Waals surface area contributed by atoms with E-state index in [2.05, 4.69) is 22.4 Å². The summed E-state index contributed by atoms with van der Waals surface area (Å²) in [6.07, 6.45) is 5.01. The fourth-order valence-electron chi connectivity index (χ4n) is 3.04. The Labute approximate surface area is 170 Å². The molecule has 0 radical (unpaired) electrons. The van der Waals surface area contributed by atoms with Crippen molar-refractivity contribution in [2.24, 2.45) is 0 Å². The SMILES string of the molecule is O=C(CSc1ccc(S(=O)(=O)N2CCCC2)cn1)NCCCc1ccccc1. The second-order valence-corrected chi connectivity index (χ2v) is 9.60. The monoisotopic (exact) mass is 419 g/mol. The first-order chi connectivity index (χ1) is 13.6. The summed E-state index contributed by atoms with van der Waals surface area (Å²) in [5, 5.41) is 3.54. The predicted molar refractivity (Wildman–Crippen MR) is 111 cm³/mol. The van der Waals surface area contributed by atoms with E-state index in [-0.39, 0.29) is 16.6 Å². The molecule has 1 aliphatic heterocycles. The summed E-state index contributed by atoms with van der Waals surface area (Å²) in [7, 11) is -3.44.